The maximum atomic E-state index is 13.0. The molecule has 4 nitrogen and oxygen atoms in total. The van der Waals surface area contributed by atoms with E-state index in [9.17, 15) is 8.78 Å². The SMILES string of the molecule is CC(F)(F)c1nnc(N2CCC(C(C)(C)C)C2)o1. The predicted molar refractivity (Wildman–Crippen MR) is 63.6 cm³/mol. The first-order chi connectivity index (χ1) is 8.18. The summed E-state index contributed by atoms with van der Waals surface area (Å²) in [5, 5.41) is 7.12. The fourth-order valence-corrected chi connectivity index (χ4v) is 2.16. The summed E-state index contributed by atoms with van der Waals surface area (Å²) in [7, 11) is 0. The van der Waals surface area contributed by atoms with Gasteiger partial charge in [0, 0.05) is 20.0 Å². The van der Waals surface area contributed by atoms with E-state index in [1.54, 1.807) is 0 Å². The molecular formula is C12H19F2N3O. The van der Waals surface area contributed by atoms with Gasteiger partial charge < -0.3 is 9.32 Å². The van der Waals surface area contributed by atoms with E-state index in [2.05, 4.69) is 31.0 Å². The Labute approximate surface area is 105 Å². The second kappa shape index (κ2) is 4.17. The molecule has 1 saturated heterocycles. The van der Waals surface area contributed by atoms with Gasteiger partial charge in [0.15, 0.2) is 0 Å². The monoisotopic (exact) mass is 259 g/mol. The third-order valence-corrected chi connectivity index (χ3v) is 3.47. The molecule has 102 valence electrons. The summed E-state index contributed by atoms with van der Waals surface area (Å²) in [5.74, 6) is -3.18. The molecule has 1 unspecified atom stereocenters. The Hall–Kier alpha value is -1.20. The zero-order chi connectivity index (χ0) is 13.6. The standard InChI is InChI=1S/C12H19F2N3O/c1-11(2,3)8-5-6-17(7-8)10-16-15-9(18-10)12(4,13)14/h8H,5-7H2,1-4H3. The highest BCUT2D eigenvalue weighted by molar-refractivity contribution is 5.27. The van der Waals surface area contributed by atoms with E-state index >= 15 is 0 Å². The van der Waals surface area contributed by atoms with Crippen LogP contribution in [0.1, 0.15) is 40.0 Å². The Bertz CT molecular complexity index is 420. The van der Waals surface area contributed by atoms with E-state index in [0.29, 0.717) is 5.92 Å². The average Bonchev–Trinajstić information content (AvgIpc) is 2.84. The largest absolute Gasteiger partial charge is 0.401 e. The van der Waals surface area contributed by atoms with Gasteiger partial charge in [0.1, 0.15) is 0 Å². The minimum Gasteiger partial charge on any atom is -0.401 e. The van der Waals surface area contributed by atoms with Crippen LogP contribution in [0.2, 0.25) is 0 Å². The first kappa shape index (κ1) is 13.2. The van der Waals surface area contributed by atoms with Crippen molar-refractivity contribution in [2.45, 2.75) is 40.0 Å². The maximum absolute atomic E-state index is 13.0. The number of hydrogen-bond donors (Lipinski definition) is 0. The lowest BCUT2D eigenvalue weighted by molar-refractivity contribution is -0.0106. The molecule has 0 radical (unpaired) electrons. The average molecular weight is 259 g/mol. The van der Waals surface area contributed by atoms with Crippen molar-refractivity contribution in [3.05, 3.63) is 5.89 Å². The minimum absolute atomic E-state index is 0.201. The van der Waals surface area contributed by atoms with Crippen LogP contribution >= 0.6 is 0 Å². The van der Waals surface area contributed by atoms with Crippen LogP contribution in [0.25, 0.3) is 0 Å². The normalized spacial score (nSPS) is 21.7. The van der Waals surface area contributed by atoms with Crippen molar-refractivity contribution >= 4 is 6.01 Å². The first-order valence-electron chi connectivity index (χ1n) is 6.14. The van der Waals surface area contributed by atoms with Crippen molar-refractivity contribution in [3.63, 3.8) is 0 Å². The summed E-state index contributed by atoms with van der Waals surface area (Å²) in [6.45, 7) is 8.85. The molecule has 1 aromatic heterocycles. The number of aromatic nitrogens is 2. The Morgan fingerprint density at radius 1 is 1.22 bits per heavy atom. The van der Waals surface area contributed by atoms with Gasteiger partial charge >= 0.3 is 11.9 Å². The van der Waals surface area contributed by atoms with Crippen molar-refractivity contribution in [2.75, 3.05) is 18.0 Å². The third-order valence-electron chi connectivity index (χ3n) is 3.47. The second-order valence-corrected chi connectivity index (χ2v) is 6.08. The smallest absolute Gasteiger partial charge is 0.321 e. The van der Waals surface area contributed by atoms with E-state index in [0.717, 1.165) is 26.4 Å². The minimum atomic E-state index is -3.07. The van der Waals surface area contributed by atoms with Gasteiger partial charge in [-0.15, -0.1) is 5.10 Å². The molecule has 0 spiro atoms. The molecule has 1 fully saturated rings. The number of rotatable bonds is 2. The van der Waals surface area contributed by atoms with E-state index in [4.69, 9.17) is 4.42 Å². The molecule has 0 aromatic carbocycles. The van der Waals surface area contributed by atoms with Crippen molar-refractivity contribution in [1.29, 1.82) is 0 Å². The van der Waals surface area contributed by atoms with Crippen molar-refractivity contribution in [1.82, 2.24) is 10.2 Å². The number of nitrogens with zero attached hydrogens (tertiary/aromatic N) is 3. The van der Waals surface area contributed by atoms with Crippen LogP contribution in [0.15, 0.2) is 4.42 Å². The molecule has 0 amide bonds. The predicted octanol–water partition coefficient (Wildman–Crippen LogP) is 3.05. The van der Waals surface area contributed by atoms with Gasteiger partial charge in [-0.3, -0.25) is 0 Å². The summed E-state index contributed by atoms with van der Waals surface area (Å²) in [4.78, 5) is 1.89. The van der Waals surface area contributed by atoms with E-state index in [-0.39, 0.29) is 11.4 Å². The van der Waals surface area contributed by atoms with Crippen LogP contribution in [0.4, 0.5) is 14.8 Å². The van der Waals surface area contributed by atoms with Gasteiger partial charge in [-0.1, -0.05) is 25.9 Å². The number of halogens is 2. The highest BCUT2D eigenvalue weighted by atomic mass is 19.3. The molecule has 1 aliphatic heterocycles. The van der Waals surface area contributed by atoms with Crippen molar-refractivity contribution in [3.8, 4) is 0 Å². The fraction of sp³-hybridized carbons (Fsp3) is 0.833. The van der Waals surface area contributed by atoms with Gasteiger partial charge in [0.2, 0.25) is 0 Å². The summed E-state index contributed by atoms with van der Waals surface area (Å²) in [6, 6.07) is 0.207. The van der Waals surface area contributed by atoms with E-state index < -0.39 is 11.8 Å². The first-order valence-corrected chi connectivity index (χ1v) is 6.14. The number of alkyl halides is 2. The van der Waals surface area contributed by atoms with E-state index in [1.165, 1.54) is 0 Å². The lowest BCUT2D eigenvalue weighted by Crippen LogP contribution is -2.26. The highest BCUT2D eigenvalue weighted by Crippen LogP contribution is 2.36. The highest BCUT2D eigenvalue weighted by Gasteiger charge is 2.36. The molecule has 1 aromatic rings. The van der Waals surface area contributed by atoms with Crippen LogP contribution in [-0.2, 0) is 5.92 Å². The molecule has 18 heavy (non-hydrogen) atoms. The summed E-state index contributed by atoms with van der Waals surface area (Å²) >= 11 is 0. The number of hydrogen-bond acceptors (Lipinski definition) is 4. The molecule has 6 heteroatoms. The van der Waals surface area contributed by atoms with Gasteiger partial charge in [-0.05, 0) is 17.8 Å². The van der Waals surface area contributed by atoms with Gasteiger partial charge in [-0.25, -0.2) is 0 Å². The molecule has 1 atom stereocenters. The molecule has 2 heterocycles. The lowest BCUT2D eigenvalue weighted by atomic mass is 9.80. The van der Waals surface area contributed by atoms with Crippen LogP contribution in [-0.4, -0.2) is 23.3 Å². The summed E-state index contributed by atoms with van der Waals surface area (Å²) in [6.07, 6.45) is 1.02. The van der Waals surface area contributed by atoms with Gasteiger partial charge in [0.05, 0.1) is 0 Å². The maximum Gasteiger partial charge on any atom is 0.321 e. The molecule has 2 rings (SSSR count). The molecule has 1 aliphatic rings. The second-order valence-electron chi connectivity index (χ2n) is 6.08. The topological polar surface area (TPSA) is 42.2 Å². The molecular weight excluding hydrogens is 240 g/mol. The molecule has 0 saturated carbocycles. The molecule has 0 N–H and O–H groups in total. The Kier molecular flexibility index (Phi) is 3.07. The quantitative estimate of drug-likeness (QED) is 0.818. The zero-order valence-electron chi connectivity index (χ0n) is 11.2. The number of anilines is 1. The third kappa shape index (κ3) is 2.62. The fourth-order valence-electron chi connectivity index (χ4n) is 2.16. The van der Waals surface area contributed by atoms with Crippen LogP contribution < -0.4 is 4.90 Å². The van der Waals surface area contributed by atoms with E-state index in [1.807, 2.05) is 4.90 Å². The van der Waals surface area contributed by atoms with Crippen LogP contribution in [0.5, 0.6) is 0 Å². The van der Waals surface area contributed by atoms with Crippen LogP contribution in [0, 0.1) is 11.3 Å². The molecule has 0 bridgehead atoms. The lowest BCUT2D eigenvalue weighted by Gasteiger charge is -2.26. The Balaban J connectivity index is 2.09. The molecule has 0 aliphatic carbocycles. The van der Waals surface area contributed by atoms with Gasteiger partial charge in [0.25, 0.3) is 5.89 Å². The Morgan fingerprint density at radius 2 is 1.89 bits per heavy atom. The zero-order valence-corrected chi connectivity index (χ0v) is 11.2. The van der Waals surface area contributed by atoms with Crippen molar-refractivity contribution in [2.24, 2.45) is 11.3 Å². The van der Waals surface area contributed by atoms with Gasteiger partial charge in [-0.2, -0.15) is 8.78 Å². The van der Waals surface area contributed by atoms with Crippen LogP contribution in [0.3, 0.4) is 0 Å². The Morgan fingerprint density at radius 3 is 2.33 bits per heavy atom. The summed E-state index contributed by atoms with van der Waals surface area (Å²) < 4.78 is 31.1. The summed E-state index contributed by atoms with van der Waals surface area (Å²) in [5.41, 5.74) is 0.201. The van der Waals surface area contributed by atoms with Crippen molar-refractivity contribution < 1.29 is 13.2 Å².